The number of carbonyl (C=O) groups is 1. The van der Waals surface area contributed by atoms with Crippen LogP contribution < -0.4 is 20.7 Å². The lowest BCUT2D eigenvalue weighted by atomic mass is 10.1. The summed E-state index contributed by atoms with van der Waals surface area (Å²) in [5.74, 6) is 1.13. The fourth-order valence-corrected chi connectivity index (χ4v) is 3.92. The molecule has 0 aliphatic carbocycles. The average molecular weight is 444 g/mol. The van der Waals surface area contributed by atoms with Gasteiger partial charge in [0.15, 0.2) is 0 Å². The van der Waals surface area contributed by atoms with E-state index in [9.17, 15) is 4.79 Å². The highest BCUT2D eigenvalue weighted by molar-refractivity contribution is 5.91. The van der Waals surface area contributed by atoms with Gasteiger partial charge in [-0.2, -0.15) is 5.10 Å². The Morgan fingerprint density at radius 3 is 2.70 bits per heavy atom. The first kappa shape index (κ1) is 20.9. The topological polar surface area (TPSA) is 117 Å². The normalized spacial score (nSPS) is 14.2. The minimum atomic E-state index is -0.145. The Balaban J connectivity index is 1.41. The van der Waals surface area contributed by atoms with Crippen molar-refractivity contribution in [3.8, 4) is 16.9 Å². The second kappa shape index (κ2) is 9.25. The molecule has 1 aliphatic heterocycles. The molecule has 0 saturated carbocycles. The third-order valence-electron chi connectivity index (χ3n) is 5.48. The zero-order valence-corrected chi connectivity index (χ0v) is 18.3. The van der Waals surface area contributed by atoms with Crippen molar-refractivity contribution in [3.05, 3.63) is 55.0 Å². The number of aromatic nitrogens is 4. The summed E-state index contributed by atoms with van der Waals surface area (Å²) in [5.41, 5.74) is 4.02. The number of anilines is 3. The molecule has 0 radical (unpaired) electrons. The van der Waals surface area contributed by atoms with Crippen molar-refractivity contribution in [2.75, 3.05) is 23.7 Å². The summed E-state index contributed by atoms with van der Waals surface area (Å²) in [4.78, 5) is 20.8. The Morgan fingerprint density at radius 1 is 1.06 bits per heavy atom. The molecular formula is C24H25N7O2. The number of aromatic amines is 1. The van der Waals surface area contributed by atoms with Crippen molar-refractivity contribution in [1.82, 2.24) is 25.5 Å². The fourth-order valence-electron chi connectivity index (χ4n) is 3.92. The lowest BCUT2D eigenvalue weighted by Gasteiger charge is -2.23. The Labute approximate surface area is 191 Å². The first-order valence-corrected chi connectivity index (χ1v) is 11.0. The predicted octanol–water partition coefficient (Wildman–Crippen LogP) is 3.85. The van der Waals surface area contributed by atoms with Crippen LogP contribution in [0.1, 0.15) is 19.8 Å². The van der Waals surface area contributed by atoms with E-state index in [2.05, 4.69) is 36.1 Å². The first-order chi connectivity index (χ1) is 16.1. The van der Waals surface area contributed by atoms with Gasteiger partial charge >= 0.3 is 0 Å². The predicted molar refractivity (Wildman–Crippen MR) is 128 cm³/mol. The number of rotatable bonds is 6. The van der Waals surface area contributed by atoms with Crippen molar-refractivity contribution in [3.63, 3.8) is 0 Å². The molecule has 2 aromatic carbocycles. The van der Waals surface area contributed by atoms with Gasteiger partial charge in [0.2, 0.25) is 11.9 Å². The number of nitrogens with one attached hydrogen (secondary N) is 4. The standard InChI is InChI=1S/C24H25N7O2/c1-15(32)29-19-8-17(18-13-27-28-14-18)9-20(10-19)30-24-26-12-16-2-3-22(11-23(16)31-24)33-21-4-6-25-7-5-21/h2-3,8-14,21,25H,4-7H2,1H3,(H,27,28)(H,29,32)(H,26,30,31). The molecule has 3 heterocycles. The zero-order valence-electron chi connectivity index (χ0n) is 18.3. The van der Waals surface area contributed by atoms with E-state index in [-0.39, 0.29) is 12.0 Å². The SMILES string of the molecule is CC(=O)Nc1cc(Nc2ncc3ccc(OC4CCNCC4)cc3n2)cc(-c2cn[nH]c2)c1. The van der Waals surface area contributed by atoms with Gasteiger partial charge in [-0.1, -0.05) is 0 Å². The molecule has 1 saturated heterocycles. The number of hydrogen-bond acceptors (Lipinski definition) is 7. The van der Waals surface area contributed by atoms with Crippen LogP contribution in [0, 0.1) is 0 Å². The maximum absolute atomic E-state index is 11.6. The summed E-state index contributed by atoms with van der Waals surface area (Å²) in [6, 6.07) is 11.6. The molecule has 168 valence electrons. The maximum atomic E-state index is 11.6. The molecule has 9 heteroatoms. The van der Waals surface area contributed by atoms with Crippen molar-refractivity contribution >= 4 is 34.1 Å². The highest BCUT2D eigenvalue weighted by atomic mass is 16.5. The second-order valence-corrected chi connectivity index (χ2v) is 8.07. The molecule has 1 amide bonds. The number of benzene rings is 2. The zero-order chi connectivity index (χ0) is 22.6. The van der Waals surface area contributed by atoms with E-state index in [0.29, 0.717) is 11.6 Å². The minimum Gasteiger partial charge on any atom is -0.490 e. The summed E-state index contributed by atoms with van der Waals surface area (Å²) >= 11 is 0. The van der Waals surface area contributed by atoms with Crippen molar-refractivity contribution in [2.24, 2.45) is 0 Å². The largest absolute Gasteiger partial charge is 0.490 e. The molecule has 0 spiro atoms. The number of carbonyl (C=O) groups excluding carboxylic acids is 1. The molecule has 2 aromatic heterocycles. The lowest BCUT2D eigenvalue weighted by molar-refractivity contribution is -0.114. The Morgan fingerprint density at radius 2 is 1.91 bits per heavy atom. The van der Waals surface area contributed by atoms with Gasteiger partial charge in [0.25, 0.3) is 0 Å². The van der Waals surface area contributed by atoms with Crippen LogP contribution in [0.2, 0.25) is 0 Å². The third kappa shape index (κ3) is 5.09. The van der Waals surface area contributed by atoms with E-state index in [0.717, 1.165) is 59.4 Å². The quantitative estimate of drug-likeness (QED) is 0.358. The van der Waals surface area contributed by atoms with E-state index in [1.165, 1.54) is 6.92 Å². The van der Waals surface area contributed by atoms with Crippen LogP contribution in [-0.2, 0) is 4.79 Å². The third-order valence-corrected chi connectivity index (χ3v) is 5.48. The van der Waals surface area contributed by atoms with Gasteiger partial charge in [-0.3, -0.25) is 9.89 Å². The highest BCUT2D eigenvalue weighted by Gasteiger charge is 2.15. The Kier molecular flexibility index (Phi) is 5.86. The molecule has 0 bridgehead atoms. The van der Waals surface area contributed by atoms with Crippen LogP contribution in [0.15, 0.2) is 55.0 Å². The molecular weight excluding hydrogens is 418 g/mol. The van der Waals surface area contributed by atoms with E-state index < -0.39 is 0 Å². The molecule has 1 aliphatic rings. The number of hydrogen-bond donors (Lipinski definition) is 4. The van der Waals surface area contributed by atoms with Gasteiger partial charge in [-0.25, -0.2) is 9.97 Å². The number of ether oxygens (including phenoxy) is 1. The van der Waals surface area contributed by atoms with Crippen LogP contribution in [0.3, 0.4) is 0 Å². The molecule has 4 N–H and O–H groups in total. The number of piperidine rings is 1. The van der Waals surface area contributed by atoms with Gasteiger partial charge in [-0.05, 0) is 61.8 Å². The van der Waals surface area contributed by atoms with Crippen LogP contribution in [-0.4, -0.2) is 45.3 Å². The van der Waals surface area contributed by atoms with Gasteiger partial charge in [0, 0.05) is 47.7 Å². The Bertz CT molecular complexity index is 1270. The molecule has 9 nitrogen and oxygen atoms in total. The number of amides is 1. The lowest BCUT2D eigenvalue weighted by Crippen LogP contribution is -2.34. The van der Waals surface area contributed by atoms with Crippen LogP contribution in [0.4, 0.5) is 17.3 Å². The first-order valence-electron chi connectivity index (χ1n) is 11.0. The molecule has 0 unspecified atom stereocenters. The van der Waals surface area contributed by atoms with Crippen molar-refractivity contribution in [2.45, 2.75) is 25.9 Å². The minimum absolute atomic E-state index is 0.145. The van der Waals surface area contributed by atoms with Gasteiger partial charge in [0.1, 0.15) is 11.9 Å². The molecule has 33 heavy (non-hydrogen) atoms. The second-order valence-electron chi connectivity index (χ2n) is 8.07. The molecule has 1 fully saturated rings. The summed E-state index contributed by atoms with van der Waals surface area (Å²) in [7, 11) is 0. The van der Waals surface area contributed by atoms with Gasteiger partial charge in [-0.15, -0.1) is 0 Å². The maximum Gasteiger partial charge on any atom is 0.227 e. The van der Waals surface area contributed by atoms with E-state index in [1.807, 2.05) is 36.4 Å². The van der Waals surface area contributed by atoms with Crippen LogP contribution in [0.25, 0.3) is 22.0 Å². The summed E-state index contributed by atoms with van der Waals surface area (Å²) in [6.45, 7) is 3.44. The summed E-state index contributed by atoms with van der Waals surface area (Å²) in [6.07, 6.45) is 7.53. The molecule has 5 rings (SSSR count). The summed E-state index contributed by atoms with van der Waals surface area (Å²) in [5, 5.41) is 17.2. The van der Waals surface area contributed by atoms with Crippen molar-refractivity contribution in [1.29, 1.82) is 0 Å². The number of nitrogens with zero attached hydrogens (tertiary/aromatic N) is 3. The summed E-state index contributed by atoms with van der Waals surface area (Å²) < 4.78 is 6.16. The number of fused-ring (bicyclic) bond motifs is 1. The average Bonchev–Trinajstić information content (AvgIpc) is 3.34. The highest BCUT2D eigenvalue weighted by Crippen LogP contribution is 2.29. The van der Waals surface area contributed by atoms with E-state index in [4.69, 9.17) is 4.74 Å². The van der Waals surface area contributed by atoms with Crippen LogP contribution >= 0.6 is 0 Å². The monoisotopic (exact) mass is 443 g/mol. The van der Waals surface area contributed by atoms with Crippen LogP contribution in [0.5, 0.6) is 5.75 Å². The van der Waals surface area contributed by atoms with E-state index >= 15 is 0 Å². The van der Waals surface area contributed by atoms with Gasteiger partial charge < -0.3 is 20.7 Å². The van der Waals surface area contributed by atoms with Gasteiger partial charge in [0.05, 0.1) is 11.7 Å². The van der Waals surface area contributed by atoms with Crippen molar-refractivity contribution < 1.29 is 9.53 Å². The molecule has 0 atom stereocenters. The Hall–Kier alpha value is -3.98. The van der Waals surface area contributed by atoms with E-state index in [1.54, 1.807) is 18.6 Å². The smallest absolute Gasteiger partial charge is 0.227 e. The fraction of sp³-hybridized carbons (Fsp3) is 0.250. The number of H-pyrrole nitrogens is 1. The molecule has 4 aromatic rings.